The number of fused-ring (bicyclic) bond motifs is 1. The molecule has 0 atom stereocenters. The summed E-state index contributed by atoms with van der Waals surface area (Å²) >= 11 is 1.70. The van der Waals surface area contributed by atoms with E-state index in [1.165, 1.54) is 9.44 Å². The molecule has 0 bridgehead atoms. The van der Waals surface area contributed by atoms with Gasteiger partial charge in [-0.15, -0.1) is 11.3 Å². The molecule has 0 spiro atoms. The molecule has 0 saturated heterocycles. The lowest BCUT2D eigenvalue weighted by Gasteiger charge is -2.05. The Morgan fingerprint density at radius 3 is 2.96 bits per heavy atom. The van der Waals surface area contributed by atoms with Crippen molar-refractivity contribution in [1.29, 1.82) is 0 Å². The number of carbonyl (C=O) groups is 1. The number of nitrogens with one attached hydrogen (secondary N) is 1. The largest absolute Gasteiger partial charge is 0.419 e. The van der Waals surface area contributed by atoms with E-state index in [2.05, 4.69) is 11.4 Å². The van der Waals surface area contributed by atoms with Crippen molar-refractivity contribution in [1.82, 2.24) is 9.88 Å². The van der Waals surface area contributed by atoms with Crippen LogP contribution in [0.4, 0.5) is 0 Å². The zero-order chi connectivity index (χ0) is 16.2. The molecule has 1 amide bonds. The van der Waals surface area contributed by atoms with Gasteiger partial charge in [-0.25, -0.2) is 4.79 Å². The first-order chi connectivity index (χ1) is 11.1. The number of hydrogen-bond donors (Lipinski definition) is 1. The summed E-state index contributed by atoms with van der Waals surface area (Å²) < 4.78 is 6.57. The van der Waals surface area contributed by atoms with E-state index >= 15 is 0 Å². The third-order valence-corrected chi connectivity index (χ3v) is 4.71. The third-order valence-electron chi connectivity index (χ3n) is 3.77. The van der Waals surface area contributed by atoms with E-state index in [-0.39, 0.29) is 11.7 Å². The van der Waals surface area contributed by atoms with Gasteiger partial charge in [-0.1, -0.05) is 12.1 Å². The molecule has 0 aliphatic heterocycles. The molecule has 120 valence electrons. The molecule has 2 heterocycles. The highest BCUT2D eigenvalue weighted by Gasteiger charge is 2.08. The zero-order valence-corrected chi connectivity index (χ0v) is 13.7. The standard InChI is InChI=1S/C17H18N2O3S/c1-19-14-11-12(4-6-15(14)22-17(19)21)5-7-16(20)18-9-8-13-3-2-10-23-13/h2-4,6,10-11H,5,7-9H2,1H3,(H,18,20). The number of benzene rings is 1. The van der Waals surface area contributed by atoms with Gasteiger partial charge in [-0.05, 0) is 42.0 Å². The van der Waals surface area contributed by atoms with Gasteiger partial charge in [0.05, 0.1) is 5.52 Å². The number of nitrogens with zero attached hydrogens (tertiary/aromatic N) is 1. The van der Waals surface area contributed by atoms with Crippen LogP contribution in [0.2, 0.25) is 0 Å². The Hall–Kier alpha value is -2.34. The fraction of sp³-hybridized carbons (Fsp3) is 0.294. The summed E-state index contributed by atoms with van der Waals surface area (Å²) in [7, 11) is 1.68. The Morgan fingerprint density at radius 2 is 2.17 bits per heavy atom. The van der Waals surface area contributed by atoms with Crippen LogP contribution >= 0.6 is 11.3 Å². The zero-order valence-electron chi connectivity index (χ0n) is 12.9. The summed E-state index contributed by atoms with van der Waals surface area (Å²) in [6.07, 6.45) is 1.94. The molecule has 5 nitrogen and oxygen atoms in total. The van der Waals surface area contributed by atoms with E-state index in [1.807, 2.05) is 23.6 Å². The minimum atomic E-state index is -0.372. The number of carbonyl (C=O) groups excluding carboxylic acids is 1. The van der Waals surface area contributed by atoms with E-state index in [9.17, 15) is 9.59 Å². The van der Waals surface area contributed by atoms with Gasteiger partial charge in [0.15, 0.2) is 5.58 Å². The monoisotopic (exact) mass is 330 g/mol. The fourth-order valence-corrected chi connectivity index (χ4v) is 3.16. The maximum absolute atomic E-state index is 11.9. The van der Waals surface area contributed by atoms with Gasteiger partial charge in [0.25, 0.3) is 0 Å². The van der Waals surface area contributed by atoms with Crippen molar-refractivity contribution in [3.8, 4) is 0 Å². The van der Waals surface area contributed by atoms with Gasteiger partial charge in [-0.3, -0.25) is 9.36 Å². The van der Waals surface area contributed by atoms with Crippen LogP contribution in [0, 0.1) is 0 Å². The molecule has 3 rings (SSSR count). The minimum Gasteiger partial charge on any atom is -0.408 e. The summed E-state index contributed by atoms with van der Waals surface area (Å²) in [5.74, 6) is -0.328. The molecule has 0 aliphatic rings. The number of hydrogen-bond acceptors (Lipinski definition) is 4. The Balaban J connectivity index is 1.52. The van der Waals surface area contributed by atoms with Crippen LogP contribution in [-0.2, 0) is 24.7 Å². The van der Waals surface area contributed by atoms with Gasteiger partial charge in [0.2, 0.25) is 5.91 Å². The number of oxazole rings is 1. The third kappa shape index (κ3) is 3.71. The fourth-order valence-electron chi connectivity index (χ4n) is 2.45. The quantitative estimate of drug-likeness (QED) is 0.755. The predicted molar refractivity (Wildman–Crippen MR) is 90.8 cm³/mol. The summed E-state index contributed by atoms with van der Waals surface area (Å²) in [6.45, 7) is 0.661. The van der Waals surface area contributed by atoms with E-state index in [0.29, 0.717) is 25.0 Å². The maximum atomic E-state index is 11.9. The molecule has 0 saturated carbocycles. The van der Waals surface area contributed by atoms with Crippen LogP contribution in [0.15, 0.2) is 44.9 Å². The molecule has 0 unspecified atom stereocenters. The molecule has 2 aromatic heterocycles. The molecule has 0 aliphatic carbocycles. The highest BCUT2D eigenvalue weighted by Crippen LogP contribution is 2.15. The van der Waals surface area contributed by atoms with Crippen molar-refractivity contribution >= 4 is 28.3 Å². The molecule has 23 heavy (non-hydrogen) atoms. The molecule has 1 aromatic carbocycles. The Kier molecular flexibility index (Phi) is 4.62. The average Bonchev–Trinajstić information content (AvgIpc) is 3.15. The molecule has 0 radical (unpaired) electrons. The number of thiophene rings is 1. The van der Waals surface area contributed by atoms with E-state index in [4.69, 9.17) is 4.42 Å². The Morgan fingerprint density at radius 1 is 1.30 bits per heavy atom. The molecule has 6 heteroatoms. The lowest BCUT2D eigenvalue weighted by atomic mass is 10.1. The second-order valence-electron chi connectivity index (χ2n) is 5.41. The molecule has 3 aromatic rings. The maximum Gasteiger partial charge on any atom is 0.419 e. The highest BCUT2D eigenvalue weighted by molar-refractivity contribution is 7.09. The Bertz CT molecular complexity index is 862. The van der Waals surface area contributed by atoms with Gasteiger partial charge in [-0.2, -0.15) is 0 Å². The molecule has 1 N–H and O–H groups in total. The van der Waals surface area contributed by atoms with Crippen molar-refractivity contribution in [3.63, 3.8) is 0 Å². The first kappa shape index (κ1) is 15.6. The van der Waals surface area contributed by atoms with Crippen LogP contribution in [0.3, 0.4) is 0 Å². The van der Waals surface area contributed by atoms with E-state index in [0.717, 1.165) is 17.5 Å². The van der Waals surface area contributed by atoms with Crippen molar-refractivity contribution in [2.24, 2.45) is 7.05 Å². The minimum absolute atomic E-state index is 0.0442. The van der Waals surface area contributed by atoms with Crippen LogP contribution in [0.25, 0.3) is 11.1 Å². The molecular formula is C17H18N2O3S. The lowest BCUT2D eigenvalue weighted by Crippen LogP contribution is -2.25. The SMILES string of the molecule is Cn1c(=O)oc2ccc(CCC(=O)NCCc3cccs3)cc21. The van der Waals surface area contributed by atoms with Gasteiger partial charge < -0.3 is 9.73 Å². The van der Waals surface area contributed by atoms with Crippen LogP contribution < -0.4 is 11.1 Å². The number of amides is 1. The summed E-state index contributed by atoms with van der Waals surface area (Å²) in [6, 6.07) is 9.66. The van der Waals surface area contributed by atoms with Crippen molar-refractivity contribution in [2.75, 3.05) is 6.54 Å². The second kappa shape index (κ2) is 6.83. The van der Waals surface area contributed by atoms with Crippen molar-refractivity contribution in [3.05, 3.63) is 56.7 Å². The van der Waals surface area contributed by atoms with Gasteiger partial charge >= 0.3 is 5.76 Å². The number of aromatic nitrogens is 1. The normalized spacial score (nSPS) is 11.0. The number of aryl methyl sites for hydroxylation is 2. The second-order valence-corrected chi connectivity index (χ2v) is 6.44. The first-order valence-electron chi connectivity index (χ1n) is 7.51. The van der Waals surface area contributed by atoms with Gasteiger partial charge in [0, 0.05) is 24.9 Å². The lowest BCUT2D eigenvalue weighted by molar-refractivity contribution is -0.121. The van der Waals surface area contributed by atoms with Crippen LogP contribution in [-0.4, -0.2) is 17.0 Å². The van der Waals surface area contributed by atoms with Crippen molar-refractivity contribution < 1.29 is 9.21 Å². The van der Waals surface area contributed by atoms with Crippen LogP contribution in [0.1, 0.15) is 16.9 Å². The molecule has 0 fully saturated rings. The van der Waals surface area contributed by atoms with E-state index < -0.39 is 0 Å². The van der Waals surface area contributed by atoms with Crippen LogP contribution in [0.5, 0.6) is 0 Å². The van der Waals surface area contributed by atoms with Crippen molar-refractivity contribution in [2.45, 2.75) is 19.3 Å². The van der Waals surface area contributed by atoms with Gasteiger partial charge in [0.1, 0.15) is 0 Å². The number of rotatable bonds is 6. The predicted octanol–water partition coefficient (Wildman–Crippen LogP) is 2.48. The first-order valence-corrected chi connectivity index (χ1v) is 8.39. The summed E-state index contributed by atoms with van der Waals surface area (Å²) in [5.41, 5.74) is 2.34. The summed E-state index contributed by atoms with van der Waals surface area (Å²) in [4.78, 5) is 24.6. The highest BCUT2D eigenvalue weighted by atomic mass is 32.1. The topological polar surface area (TPSA) is 64.2 Å². The van der Waals surface area contributed by atoms with E-state index in [1.54, 1.807) is 24.5 Å². The average molecular weight is 330 g/mol. The summed E-state index contributed by atoms with van der Waals surface area (Å²) in [5, 5.41) is 4.98. The molecular weight excluding hydrogens is 312 g/mol. The smallest absolute Gasteiger partial charge is 0.408 e. The Labute approximate surface area is 137 Å².